The van der Waals surface area contributed by atoms with Gasteiger partial charge in [0.05, 0.1) is 21.2 Å². The van der Waals surface area contributed by atoms with Crippen molar-refractivity contribution in [2.24, 2.45) is 0 Å². The van der Waals surface area contributed by atoms with Gasteiger partial charge in [0, 0.05) is 25.7 Å². The van der Waals surface area contributed by atoms with Gasteiger partial charge in [0.2, 0.25) is 0 Å². The topological polar surface area (TPSA) is 83.5 Å². The summed E-state index contributed by atoms with van der Waals surface area (Å²) >= 11 is 0. The van der Waals surface area contributed by atoms with Crippen LogP contribution in [0.25, 0.3) is 11.0 Å². The normalized spacial score (nSPS) is 14.3. The van der Waals surface area contributed by atoms with E-state index in [1.165, 1.54) is 12.1 Å². The number of rotatable bonds is 3. The van der Waals surface area contributed by atoms with E-state index in [4.69, 9.17) is 0 Å². The van der Waals surface area contributed by atoms with E-state index in [1.807, 2.05) is 36.2 Å². The largest absolute Gasteiger partial charge is 0.355 e. The second-order valence-electron chi connectivity index (χ2n) is 7.36. The van der Waals surface area contributed by atoms with E-state index in [9.17, 15) is 13.2 Å². The maximum Gasteiger partial charge on any atom is 0.259 e. The summed E-state index contributed by atoms with van der Waals surface area (Å²) < 4.78 is 24.6. The molecule has 1 amide bonds. The number of benzene rings is 2. The van der Waals surface area contributed by atoms with E-state index in [1.54, 1.807) is 30.9 Å². The Hall–Kier alpha value is -3.00. The van der Waals surface area contributed by atoms with Gasteiger partial charge in [-0.15, -0.1) is 0 Å². The molecule has 0 saturated heterocycles. The van der Waals surface area contributed by atoms with Gasteiger partial charge in [0.25, 0.3) is 5.91 Å². The summed E-state index contributed by atoms with van der Waals surface area (Å²) in [6.45, 7) is 4.38. The molecular weight excluding hydrogens is 388 g/mol. The first-order chi connectivity index (χ1) is 13.8. The molecule has 1 aromatic heterocycles. The van der Waals surface area contributed by atoms with Crippen molar-refractivity contribution in [1.82, 2.24) is 9.97 Å². The first-order valence-electron chi connectivity index (χ1n) is 9.43. The third-order valence-electron chi connectivity index (χ3n) is 5.11. The van der Waals surface area contributed by atoms with E-state index in [0.717, 1.165) is 11.0 Å². The van der Waals surface area contributed by atoms with Gasteiger partial charge < -0.3 is 4.90 Å². The van der Waals surface area contributed by atoms with E-state index < -0.39 is 15.1 Å². The molecule has 0 atom stereocenters. The van der Waals surface area contributed by atoms with Crippen molar-refractivity contribution in [3.63, 3.8) is 0 Å². The quantitative estimate of drug-likeness (QED) is 0.660. The molecule has 0 fully saturated rings. The highest BCUT2D eigenvalue weighted by Crippen LogP contribution is 2.31. The number of nitrogens with zero attached hydrogens (tertiary/aromatic N) is 4. The summed E-state index contributed by atoms with van der Waals surface area (Å²) in [4.78, 5) is 26.4. The van der Waals surface area contributed by atoms with Crippen molar-refractivity contribution >= 4 is 38.4 Å². The highest BCUT2D eigenvalue weighted by atomic mass is 32.2. The molecule has 0 bridgehead atoms. The zero-order valence-electron chi connectivity index (χ0n) is 16.5. The van der Waals surface area contributed by atoms with E-state index in [2.05, 4.69) is 9.97 Å². The van der Waals surface area contributed by atoms with Crippen LogP contribution in [0.5, 0.6) is 0 Å². The number of carbonyl (C=O) groups is 1. The number of para-hydroxylation sites is 2. The Morgan fingerprint density at radius 1 is 0.931 bits per heavy atom. The van der Waals surface area contributed by atoms with Crippen LogP contribution in [-0.4, -0.2) is 49.7 Å². The zero-order valence-corrected chi connectivity index (χ0v) is 17.3. The van der Waals surface area contributed by atoms with Gasteiger partial charge in [0.1, 0.15) is 0 Å². The van der Waals surface area contributed by atoms with Crippen LogP contribution in [0.15, 0.2) is 53.4 Å². The molecule has 0 aliphatic carbocycles. The smallest absolute Gasteiger partial charge is 0.259 e. The Morgan fingerprint density at radius 2 is 1.52 bits per heavy atom. The average Bonchev–Trinajstić information content (AvgIpc) is 2.72. The van der Waals surface area contributed by atoms with Crippen LogP contribution in [0.2, 0.25) is 0 Å². The summed E-state index contributed by atoms with van der Waals surface area (Å²) in [5.74, 6) is 0.945. The van der Waals surface area contributed by atoms with E-state index in [0.29, 0.717) is 30.3 Å². The molecular formula is C21H22N4O3S. The fraction of sp³-hybridized carbons (Fsp3) is 0.286. The Morgan fingerprint density at radius 3 is 2.10 bits per heavy atom. The minimum absolute atomic E-state index is 0.216. The Balaban J connectivity index is 1.72. The molecule has 1 aliphatic rings. The monoisotopic (exact) mass is 410 g/mol. The number of hydrogen-bond acceptors (Lipinski definition) is 6. The molecule has 4 rings (SSSR count). The number of fused-ring (bicyclic) bond motifs is 2. The Bertz CT molecular complexity index is 1190. The van der Waals surface area contributed by atoms with Gasteiger partial charge in [-0.1, -0.05) is 12.1 Å². The predicted octanol–water partition coefficient (Wildman–Crippen LogP) is 2.91. The van der Waals surface area contributed by atoms with Crippen molar-refractivity contribution in [3.05, 3.63) is 54.1 Å². The van der Waals surface area contributed by atoms with Crippen molar-refractivity contribution in [3.8, 4) is 0 Å². The predicted molar refractivity (Wildman–Crippen MR) is 113 cm³/mol. The van der Waals surface area contributed by atoms with Crippen LogP contribution in [0.3, 0.4) is 0 Å². The van der Waals surface area contributed by atoms with Crippen LogP contribution >= 0.6 is 0 Å². The van der Waals surface area contributed by atoms with E-state index >= 15 is 0 Å². The van der Waals surface area contributed by atoms with Crippen molar-refractivity contribution in [1.29, 1.82) is 0 Å². The number of hydrogen-bond donors (Lipinski definition) is 0. The first-order valence-corrected chi connectivity index (χ1v) is 11.0. The Kier molecular flexibility index (Phi) is 4.74. The summed E-state index contributed by atoms with van der Waals surface area (Å²) in [5.41, 5.74) is 1.91. The molecule has 8 heteroatoms. The molecule has 150 valence electrons. The number of amides is 1. The SMILES string of the molecule is CC(C)S(=O)(=O)c1ccc(C(=O)N2CCN(C)c3nc4ccccc4nc32)cc1. The average molecular weight is 410 g/mol. The fourth-order valence-corrected chi connectivity index (χ4v) is 4.35. The second-order valence-corrected chi connectivity index (χ2v) is 9.86. The van der Waals surface area contributed by atoms with Crippen LogP contribution in [0.4, 0.5) is 11.6 Å². The molecule has 0 radical (unpaired) electrons. The molecule has 29 heavy (non-hydrogen) atoms. The molecule has 7 nitrogen and oxygen atoms in total. The van der Waals surface area contributed by atoms with Gasteiger partial charge in [-0.25, -0.2) is 18.4 Å². The summed E-state index contributed by atoms with van der Waals surface area (Å²) in [7, 11) is -1.45. The zero-order chi connectivity index (χ0) is 20.8. The number of anilines is 2. The summed E-state index contributed by atoms with van der Waals surface area (Å²) in [6.07, 6.45) is 0. The minimum atomic E-state index is -3.38. The molecule has 0 unspecified atom stereocenters. The number of aromatic nitrogens is 2. The van der Waals surface area contributed by atoms with Crippen molar-refractivity contribution in [2.75, 3.05) is 29.9 Å². The summed E-state index contributed by atoms with van der Waals surface area (Å²) in [5, 5.41) is -0.517. The standard InChI is InChI=1S/C21H22N4O3S/c1-14(2)29(27,28)16-10-8-15(9-11-16)21(26)25-13-12-24(3)19-20(25)23-18-7-5-4-6-17(18)22-19/h4-11,14H,12-13H2,1-3H3. The van der Waals surface area contributed by atoms with Crippen molar-refractivity contribution < 1.29 is 13.2 Å². The molecule has 1 aliphatic heterocycles. The van der Waals surface area contributed by atoms with Crippen LogP contribution in [0.1, 0.15) is 24.2 Å². The number of likely N-dealkylation sites (N-methyl/N-ethyl adjacent to an activating group) is 1. The number of sulfone groups is 1. The summed E-state index contributed by atoms with van der Waals surface area (Å²) in [6, 6.07) is 13.7. The molecule has 0 N–H and O–H groups in total. The highest BCUT2D eigenvalue weighted by Gasteiger charge is 2.29. The molecule has 0 saturated carbocycles. The lowest BCUT2D eigenvalue weighted by molar-refractivity contribution is 0.0986. The molecule has 3 aromatic rings. The Labute approximate surface area is 169 Å². The maximum absolute atomic E-state index is 13.2. The minimum Gasteiger partial charge on any atom is -0.355 e. The van der Waals surface area contributed by atoms with Gasteiger partial charge >= 0.3 is 0 Å². The van der Waals surface area contributed by atoms with Crippen LogP contribution in [-0.2, 0) is 9.84 Å². The maximum atomic E-state index is 13.2. The third kappa shape index (κ3) is 3.33. The molecule has 0 spiro atoms. The first kappa shape index (κ1) is 19.3. The lowest BCUT2D eigenvalue weighted by atomic mass is 10.2. The van der Waals surface area contributed by atoms with Crippen LogP contribution < -0.4 is 9.80 Å². The van der Waals surface area contributed by atoms with Crippen molar-refractivity contribution in [2.45, 2.75) is 24.0 Å². The molecule has 2 aromatic carbocycles. The van der Waals surface area contributed by atoms with Gasteiger partial charge in [-0.2, -0.15) is 0 Å². The number of carbonyl (C=O) groups excluding carboxylic acids is 1. The fourth-order valence-electron chi connectivity index (χ4n) is 3.29. The van der Waals surface area contributed by atoms with E-state index in [-0.39, 0.29) is 10.8 Å². The second kappa shape index (κ2) is 7.11. The van der Waals surface area contributed by atoms with Gasteiger partial charge in [0.15, 0.2) is 21.5 Å². The lowest BCUT2D eigenvalue weighted by Gasteiger charge is -2.33. The van der Waals surface area contributed by atoms with Gasteiger partial charge in [-0.05, 0) is 50.2 Å². The highest BCUT2D eigenvalue weighted by molar-refractivity contribution is 7.92. The third-order valence-corrected chi connectivity index (χ3v) is 7.28. The lowest BCUT2D eigenvalue weighted by Crippen LogP contribution is -2.43. The van der Waals surface area contributed by atoms with Gasteiger partial charge in [-0.3, -0.25) is 9.69 Å². The molecule has 2 heterocycles. The van der Waals surface area contributed by atoms with Crippen LogP contribution in [0, 0.1) is 0 Å².